The monoisotopic (exact) mass is 165 g/mol. The summed E-state index contributed by atoms with van der Waals surface area (Å²) in [5.41, 5.74) is 0. The highest BCUT2D eigenvalue weighted by Crippen LogP contribution is 2.29. The molecule has 1 N–H and O–H groups in total. The van der Waals surface area contributed by atoms with Crippen molar-refractivity contribution in [1.82, 2.24) is 5.32 Å². The second-order valence-corrected chi connectivity index (χ2v) is 3.68. The summed E-state index contributed by atoms with van der Waals surface area (Å²) in [7, 11) is 2.07. The van der Waals surface area contributed by atoms with Crippen molar-refractivity contribution in [3.05, 3.63) is 0 Å². The lowest BCUT2D eigenvalue weighted by atomic mass is 9.97. The first-order chi connectivity index (χ1) is 5.88. The van der Waals surface area contributed by atoms with Crippen LogP contribution in [0.25, 0.3) is 0 Å². The number of terminal acetylenes is 1. The van der Waals surface area contributed by atoms with Gasteiger partial charge in [-0.2, -0.15) is 0 Å². The van der Waals surface area contributed by atoms with Crippen molar-refractivity contribution in [2.45, 2.75) is 44.6 Å². The minimum Gasteiger partial charge on any atom is -0.317 e. The average molecular weight is 165 g/mol. The van der Waals surface area contributed by atoms with Crippen molar-refractivity contribution in [2.75, 3.05) is 7.05 Å². The van der Waals surface area contributed by atoms with Crippen LogP contribution >= 0.6 is 0 Å². The maximum absolute atomic E-state index is 5.21. The largest absolute Gasteiger partial charge is 0.317 e. The van der Waals surface area contributed by atoms with Crippen LogP contribution in [0.1, 0.15) is 38.5 Å². The smallest absolute Gasteiger partial charge is 0.00923 e. The van der Waals surface area contributed by atoms with Gasteiger partial charge in [-0.3, -0.25) is 0 Å². The minimum absolute atomic E-state index is 0.766. The van der Waals surface area contributed by atoms with Gasteiger partial charge in [-0.25, -0.2) is 0 Å². The fourth-order valence-corrected chi connectivity index (χ4v) is 2.23. The van der Waals surface area contributed by atoms with Crippen molar-refractivity contribution < 1.29 is 0 Å². The lowest BCUT2D eigenvalue weighted by molar-refractivity contribution is 0.393. The van der Waals surface area contributed by atoms with Gasteiger partial charge in [-0.15, -0.1) is 12.3 Å². The molecule has 12 heavy (non-hydrogen) atoms. The molecule has 1 nitrogen and oxygen atoms in total. The Balaban J connectivity index is 2.18. The maximum atomic E-state index is 5.21. The lowest BCUT2D eigenvalue weighted by Crippen LogP contribution is -2.28. The molecule has 1 saturated carbocycles. The molecule has 68 valence electrons. The zero-order chi connectivity index (χ0) is 8.81. The molecule has 0 saturated heterocycles. The van der Waals surface area contributed by atoms with Crippen molar-refractivity contribution in [3.63, 3.8) is 0 Å². The zero-order valence-corrected chi connectivity index (χ0v) is 7.97. The van der Waals surface area contributed by atoms with E-state index in [1.165, 1.54) is 32.1 Å². The van der Waals surface area contributed by atoms with Gasteiger partial charge in [0.2, 0.25) is 0 Å². The summed E-state index contributed by atoms with van der Waals surface area (Å²) in [5, 5.41) is 3.39. The highest BCUT2D eigenvalue weighted by atomic mass is 14.9. The standard InChI is InChI=1S/C11H19N/c1-3-4-5-7-10-8-6-9-11(10)12-2/h1,10-12H,4-9H2,2H3. The zero-order valence-electron chi connectivity index (χ0n) is 7.97. The van der Waals surface area contributed by atoms with Crippen LogP contribution in [0, 0.1) is 18.3 Å². The van der Waals surface area contributed by atoms with Gasteiger partial charge in [0.15, 0.2) is 0 Å². The van der Waals surface area contributed by atoms with Gasteiger partial charge in [-0.1, -0.05) is 6.42 Å². The van der Waals surface area contributed by atoms with Crippen LogP contribution in [0.2, 0.25) is 0 Å². The first-order valence-corrected chi connectivity index (χ1v) is 4.99. The number of hydrogen-bond acceptors (Lipinski definition) is 1. The fourth-order valence-electron chi connectivity index (χ4n) is 2.23. The lowest BCUT2D eigenvalue weighted by Gasteiger charge is -2.17. The molecule has 1 fully saturated rings. The quantitative estimate of drug-likeness (QED) is 0.497. The topological polar surface area (TPSA) is 12.0 Å². The third-order valence-corrected chi connectivity index (χ3v) is 2.93. The van der Waals surface area contributed by atoms with Crippen molar-refractivity contribution in [2.24, 2.45) is 5.92 Å². The molecule has 1 heteroatoms. The molecule has 1 rings (SSSR count). The summed E-state index contributed by atoms with van der Waals surface area (Å²) in [6.45, 7) is 0. The Hall–Kier alpha value is -0.480. The first kappa shape index (κ1) is 9.61. The number of rotatable bonds is 4. The third kappa shape index (κ3) is 2.53. The molecule has 1 aliphatic carbocycles. The molecule has 2 atom stereocenters. The van der Waals surface area contributed by atoms with Gasteiger partial charge in [0.1, 0.15) is 0 Å². The number of unbranched alkanes of at least 4 members (excludes halogenated alkanes) is 1. The number of nitrogens with one attached hydrogen (secondary N) is 1. The molecular formula is C11H19N. The normalized spacial score (nSPS) is 28.7. The molecule has 0 heterocycles. The van der Waals surface area contributed by atoms with Crippen LogP contribution in [0.3, 0.4) is 0 Å². The van der Waals surface area contributed by atoms with E-state index >= 15 is 0 Å². The van der Waals surface area contributed by atoms with Gasteiger partial charge in [0, 0.05) is 12.5 Å². The fraction of sp³-hybridized carbons (Fsp3) is 0.818. The molecular weight excluding hydrogens is 146 g/mol. The van der Waals surface area contributed by atoms with Crippen molar-refractivity contribution in [3.8, 4) is 12.3 Å². The summed E-state index contributed by atoms with van der Waals surface area (Å²) >= 11 is 0. The van der Waals surface area contributed by atoms with Crippen LogP contribution in [0.15, 0.2) is 0 Å². The van der Waals surface area contributed by atoms with Gasteiger partial charge < -0.3 is 5.32 Å². The molecule has 0 spiro atoms. The van der Waals surface area contributed by atoms with Crippen molar-refractivity contribution >= 4 is 0 Å². The molecule has 0 aromatic carbocycles. The summed E-state index contributed by atoms with van der Waals surface area (Å²) < 4.78 is 0. The second kappa shape index (κ2) is 5.22. The Bertz CT molecular complexity index is 157. The third-order valence-electron chi connectivity index (χ3n) is 2.93. The van der Waals surface area contributed by atoms with Crippen LogP contribution < -0.4 is 5.32 Å². The predicted molar refractivity (Wildman–Crippen MR) is 52.9 cm³/mol. The predicted octanol–water partition coefficient (Wildman–Crippen LogP) is 2.18. The summed E-state index contributed by atoms with van der Waals surface area (Å²) in [6.07, 6.45) is 12.8. The molecule has 0 bridgehead atoms. The Kier molecular flexibility index (Phi) is 4.18. The van der Waals surface area contributed by atoms with Crippen LogP contribution in [0.4, 0.5) is 0 Å². The van der Waals surface area contributed by atoms with E-state index in [0.29, 0.717) is 0 Å². The van der Waals surface area contributed by atoms with E-state index in [1.807, 2.05) is 0 Å². The van der Waals surface area contributed by atoms with Crippen LogP contribution in [-0.4, -0.2) is 13.1 Å². The Labute approximate surface area is 75.9 Å². The van der Waals surface area contributed by atoms with Crippen LogP contribution in [-0.2, 0) is 0 Å². The molecule has 0 aliphatic heterocycles. The summed E-state index contributed by atoms with van der Waals surface area (Å²) in [6, 6.07) is 0.766. The van der Waals surface area contributed by atoms with Gasteiger partial charge in [-0.05, 0) is 38.6 Å². The van der Waals surface area contributed by atoms with Gasteiger partial charge in [0.25, 0.3) is 0 Å². The Morgan fingerprint density at radius 3 is 3.00 bits per heavy atom. The van der Waals surface area contributed by atoms with E-state index in [1.54, 1.807) is 0 Å². The molecule has 0 aromatic heterocycles. The van der Waals surface area contributed by atoms with E-state index < -0.39 is 0 Å². The Morgan fingerprint density at radius 2 is 2.33 bits per heavy atom. The van der Waals surface area contributed by atoms with Crippen molar-refractivity contribution in [1.29, 1.82) is 0 Å². The highest BCUT2D eigenvalue weighted by Gasteiger charge is 2.24. The van der Waals surface area contributed by atoms with E-state index in [9.17, 15) is 0 Å². The average Bonchev–Trinajstić information content (AvgIpc) is 2.52. The van der Waals surface area contributed by atoms with Gasteiger partial charge >= 0.3 is 0 Å². The van der Waals surface area contributed by atoms with Crippen LogP contribution in [0.5, 0.6) is 0 Å². The van der Waals surface area contributed by atoms with E-state index in [-0.39, 0.29) is 0 Å². The Morgan fingerprint density at radius 1 is 1.50 bits per heavy atom. The SMILES string of the molecule is C#CCCCC1CCCC1NC. The molecule has 2 unspecified atom stereocenters. The van der Waals surface area contributed by atoms with E-state index in [4.69, 9.17) is 6.42 Å². The molecule has 0 amide bonds. The summed E-state index contributed by atoms with van der Waals surface area (Å²) in [4.78, 5) is 0. The second-order valence-electron chi connectivity index (χ2n) is 3.68. The minimum atomic E-state index is 0.766. The van der Waals surface area contributed by atoms with E-state index in [0.717, 1.165) is 18.4 Å². The first-order valence-electron chi connectivity index (χ1n) is 4.99. The maximum Gasteiger partial charge on any atom is 0.00923 e. The highest BCUT2D eigenvalue weighted by molar-refractivity contribution is 4.86. The van der Waals surface area contributed by atoms with Gasteiger partial charge in [0.05, 0.1) is 0 Å². The molecule has 1 aliphatic rings. The summed E-state index contributed by atoms with van der Waals surface area (Å²) in [5.74, 6) is 3.60. The number of hydrogen-bond donors (Lipinski definition) is 1. The van der Waals surface area contributed by atoms with E-state index in [2.05, 4.69) is 18.3 Å². The molecule has 0 radical (unpaired) electrons. The molecule has 0 aromatic rings.